The van der Waals surface area contributed by atoms with Gasteiger partial charge in [-0.25, -0.2) is 9.97 Å². The molecule has 0 spiro atoms. The number of anilines is 2. The molecule has 0 unspecified atom stereocenters. The highest BCUT2D eigenvalue weighted by atomic mass is 16.5. The van der Waals surface area contributed by atoms with Gasteiger partial charge in [0, 0.05) is 30.5 Å². The molecule has 3 rings (SSSR count). The van der Waals surface area contributed by atoms with Crippen LogP contribution >= 0.6 is 0 Å². The molecule has 23 heavy (non-hydrogen) atoms. The van der Waals surface area contributed by atoms with Crippen molar-refractivity contribution < 1.29 is 9.53 Å². The van der Waals surface area contributed by atoms with Crippen molar-refractivity contribution in [1.82, 2.24) is 14.9 Å². The molecule has 1 saturated heterocycles. The molecule has 0 bridgehead atoms. The molecule has 0 saturated carbocycles. The van der Waals surface area contributed by atoms with E-state index in [0.717, 1.165) is 43.1 Å². The molecule has 2 aromatic rings. The lowest BCUT2D eigenvalue weighted by Crippen LogP contribution is -2.28. The van der Waals surface area contributed by atoms with E-state index in [0.29, 0.717) is 11.6 Å². The van der Waals surface area contributed by atoms with Gasteiger partial charge in [0.15, 0.2) is 0 Å². The maximum atomic E-state index is 12.5. The first-order chi connectivity index (χ1) is 11.2. The molecule has 0 radical (unpaired) electrons. The van der Waals surface area contributed by atoms with E-state index in [1.807, 2.05) is 36.1 Å². The maximum absolute atomic E-state index is 12.5. The summed E-state index contributed by atoms with van der Waals surface area (Å²) in [5.74, 6) is 1.14. The molecule has 0 atom stereocenters. The molecule has 1 aliphatic rings. The zero-order valence-corrected chi connectivity index (χ0v) is 13.4. The third kappa shape index (κ3) is 3.59. The molecule has 0 aliphatic carbocycles. The lowest BCUT2D eigenvalue weighted by atomic mass is 10.3. The van der Waals surface area contributed by atoms with Crippen LogP contribution in [-0.4, -0.2) is 41.0 Å². The summed E-state index contributed by atoms with van der Waals surface area (Å²) in [6, 6.07) is 9.24. The number of hydrogen-bond acceptors (Lipinski definition) is 5. The molecular weight excluding hydrogens is 292 g/mol. The summed E-state index contributed by atoms with van der Waals surface area (Å²) in [6.07, 6.45) is 2.12. The van der Waals surface area contributed by atoms with E-state index in [-0.39, 0.29) is 5.91 Å². The fourth-order valence-corrected chi connectivity index (χ4v) is 2.65. The van der Waals surface area contributed by atoms with Gasteiger partial charge in [0.05, 0.1) is 7.11 Å². The van der Waals surface area contributed by atoms with Crippen LogP contribution in [-0.2, 0) is 0 Å². The zero-order chi connectivity index (χ0) is 16.2. The van der Waals surface area contributed by atoms with Gasteiger partial charge < -0.3 is 15.0 Å². The van der Waals surface area contributed by atoms with Gasteiger partial charge in [-0.1, -0.05) is 6.07 Å². The second-order valence-corrected chi connectivity index (χ2v) is 5.57. The number of nitrogens with one attached hydrogen (secondary N) is 1. The standard InChI is InChI=1S/C17H20N4O2/c1-12-10-15(16(22)21-8-3-4-9-21)20-17(18-12)19-13-6-5-7-14(11-13)23-2/h5-7,10-11H,3-4,8-9H2,1-2H3,(H,18,19,20). The summed E-state index contributed by atoms with van der Waals surface area (Å²) < 4.78 is 5.20. The van der Waals surface area contributed by atoms with Crippen molar-refractivity contribution in [1.29, 1.82) is 0 Å². The monoisotopic (exact) mass is 312 g/mol. The Morgan fingerprint density at radius 1 is 1.22 bits per heavy atom. The fraction of sp³-hybridized carbons (Fsp3) is 0.353. The summed E-state index contributed by atoms with van der Waals surface area (Å²) in [5.41, 5.74) is 2.01. The van der Waals surface area contributed by atoms with Crippen LogP contribution in [0.3, 0.4) is 0 Å². The van der Waals surface area contributed by atoms with Crippen molar-refractivity contribution in [2.45, 2.75) is 19.8 Å². The number of carbonyl (C=O) groups is 1. The van der Waals surface area contributed by atoms with E-state index in [1.165, 1.54) is 0 Å². The summed E-state index contributed by atoms with van der Waals surface area (Å²) in [6.45, 7) is 3.47. The van der Waals surface area contributed by atoms with Gasteiger partial charge in [-0.2, -0.15) is 0 Å². The van der Waals surface area contributed by atoms with Crippen LogP contribution in [0.25, 0.3) is 0 Å². The topological polar surface area (TPSA) is 67.3 Å². The quantitative estimate of drug-likeness (QED) is 0.940. The second-order valence-electron chi connectivity index (χ2n) is 5.57. The Bertz CT molecular complexity index is 711. The predicted octanol–water partition coefficient (Wildman–Crippen LogP) is 2.77. The average Bonchev–Trinajstić information content (AvgIpc) is 3.08. The van der Waals surface area contributed by atoms with Crippen molar-refractivity contribution in [3.05, 3.63) is 41.7 Å². The summed E-state index contributed by atoms with van der Waals surface area (Å²) in [4.78, 5) is 23.1. The summed E-state index contributed by atoms with van der Waals surface area (Å²) in [7, 11) is 1.62. The van der Waals surface area contributed by atoms with E-state index in [9.17, 15) is 4.79 Å². The molecule has 6 heteroatoms. The Morgan fingerprint density at radius 3 is 2.74 bits per heavy atom. The number of benzene rings is 1. The smallest absolute Gasteiger partial charge is 0.272 e. The van der Waals surface area contributed by atoms with Gasteiger partial charge in [-0.3, -0.25) is 4.79 Å². The third-order valence-electron chi connectivity index (χ3n) is 3.79. The molecule has 6 nitrogen and oxygen atoms in total. The van der Waals surface area contributed by atoms with Crippen molar-refractivity contribution in [3.8, 4) is 5.75 Å². The number of likely N-dealkylation sites (tertiary alicyclic amines) is 1. The summed E-state index contributed by atoms with van der Waals surface area (Å²) in [5, 5.41) is 3.13. The minimum absolute atomic E-state index is 0.0262. The summed E-state index contributed by atoms with van der Waals surface area (Å²) >= 11 is 0. The Balaban J connectivity index is 1.83. The Hall–Kier alpha value is -2.63. The molecule has 1 aromatic carbocycles. The molecule has 2 heterocycles. The van der Waals surface area contributed by atoms with Gasteiger partial charge in [0.25, 0.3) is 5.91 Å². The lowest BCUT2D eigenvalue weighted by Gasteiger charge is -2.15. The van der Waals surface area contributed by atoms with Crippen molar-refractivity contribution >= 4 is 17.5 Å². The number of ether oxygens (including phenoxy) is 1. The zero-order valence-electron chi connectivity index (χ0n) is 13.4. The average molecular weight is 312 g/mol. The number of amides is 1. The lowest BCUT2D eigenvalue weighted by molar-refractivity contribution is 0.0787. The van der Waals surface area contributed by atoms with Crippen LogP contribution in [0, 0.1) is 6.92 Å². The van der Waals surface area contributed by atoms with Gasteiger partial charge in [-0.15, -0.1) is 0 Å². The highest BCUT2D eigenvalue weighted by molar-refractivity contribution is 5.92. The van der Waals surface area contributed by atoms with Crippen molar-refractivity contribution in [2.24, 2.45) is 0 Å². The van der Waals surface area contributed by atoms with Gasteiger partial charge in [0.2, 0.25) is 5.95 Å². The Morgan fingerprint density at radius 2 is 2.00 bits per heavy atom. The van der Waals surface area contributed by atoms with Crippen LogP contribution in [0.1, 0.15) is 29.0 Å². The number of aromatic nitrogens is 2. The third-order valence-corrected chi connectivity index (χ3v) is 3.79. The van der Waals surface area contributed by atoms with E-state index >= 15 is 0 Å². The van der Waals surface area contributed by atoms with Crippen LogP contribution in [0.5, 0.6) is 5.75 Å². The highest BCUT2D eigenvalue weighted by Gasteiger charge is 2.21. The number of aryl methyl sites for hydroxylation is 1. The first-order valence-electron chi connectivity index (χ1n) is 7.72. The number of nitrogens with zero attached hydrogens (tertiary/aromatic N) is 3. The molecule has 1 aromatic heterocycles. The number of rotatable bonds is 4. The van der Waals surface area contributed by atoms with Crippen LogP contribution < -0.4 is 10.1 Å². The first kappa shape index (κ1) is 15.3. The van der Waals surface area contributed by atoms with E-state index in [1.54, 1.807) is 13.2 Å². The normalized spacial score (nSPS) is 13.9. The van der Waals surface area contributed by atoms with Gasteiger partial charge in [0.1, 0.15) is 11.4 Å². The van der Waals surface area contributed by atoms with E-state index in [4.69, 9.17) is 4.74 Å². The minimum atomic E-state index is -0.0262. The molecule has 1 amide bonds. The van der Waals surface area contributed by atoms with Crippen LogP contribution in [0.15, 0.2) is 30.3 Å². The fourth-order valence-electron chi connectivity index (χ4n) is 2.65. The molecule has 1 fully saturated rings. The van der Waals surface area contributed by atoms with Gasteiger partial charge in [-0.05, 0) is 38.0 Å². The van der Waals surface area contributed by atoms with Crippen molar-refractivity contribution in [3.63, 3.8) is 0 Å². The predicted molar refractivity (Wildman–Crippen MR) is 88.2 cm³/mol. The molecule has 1 N–H and O–H groups in total. The number of carbonyl (C=O) groups excluding carboxylic acids is 1. The molecule has 120 valence electrons. The Kier molecular flexibility index (Phi) is 4.41. The van der Waals surface area contributed by atoms with Crippen LogP contribution in [0.4, 0.5) is 11.6 Å². The number of methoxy groups -OCH3 is 1. The molecule has 1 aliphatic heterocycles. The highest BCUT2D eigenvalue weighted by Crippen LogP contribution is 2.20. The van der Waals surface area contributed by atoms with E-state index < -0.39 is 0 Å². The minimum Gasteiger partial charge on any atom is -0.497 e. The largest absolute Gasteiger partial charge is 0.497 e. The first-order valence-corrected chi connectivity index (χ1v) is 7.72. The Labute approximate surface area is 135 Å². The number of hydrogen-bond donors (Lipinski definition) is 1. The van der Waals surface area contributed by atoms with Crippen LogP contribution in [0.2, 0.25) is 0 Å². The second kappa shape index (κ2) is 6.64. The molecular formula is C17H20N4O2. The van der Waals surface area contributed by atoms with Gasteiger partial charge >= 0.3 is 0 Å². The maximum Gasteiger partial charge on any atom is 0.272 e. The van der Waals surface area contributed by atoms with Crippen molar-refractivity contribution in [2.75, 3.05) is 25.5 Å². The van der Waals surface area contributed by atoms with E-state index in [2.05, 4.69) is 15.3 Å². The SMILES string of the molecule is COc1cccc(Nc2nc(C)cc(C(=O)N3CCCC3)n2)c1.